The first-order chi connectivity index (χ1) is 24.4. The highest BCUT2D eigenvalue weighted by molar-refractivity contribution is 7.85. The van der Waals surface area contributed by atoms with Crippen LogP contribution in [0.15, 0.2) is 48.5 Å². The lowest BCUT2D eigenvalue weighted by molar-refractivity contribution is -0.645. The lowest BCUT2D eigenvalue weighted by atomic mass is 10.0. The van der Waals surface area contributed by atoms with Crippen molar-refractivity contribution in [3.63, 3.8) is 0 Å². The minimum atomic E-state index is -4.23. The molecule has 0 aliphatic rings. The number of carboxylic acid groups (broad SMARTS) is 1. The molecule has 4 rings (SSSR count). The van der Waals surface area contributed by atoms with Gasteiger partial charge >= 0.3 is 11.9 Å². The van der Waals surface area contributed by atoms with Crippen LogP contribution in [0.3, 0.4) is 0 Å². The second-order valence-electron chi connectivity index (χ2n) is 11.6. The van der Waals surface area contributed by atoms with Gasteiger partial charge in [-0.2, -0.15) is 13.0 Å². The zero-order valence-electron chi connectivity index (χ0n) is 29.1. The van der Waals surface area contributed by atoms with Crippen LogP contribution in [0.4, 0.5) is 0 Å². The van der Waals surface area contributed by atoms with Crippen molar-refractivity contribution < 1.29 is 65.4 Å². The Bertz CT molecular complexity index is 1850. The summed E-state index contributed by atoms with van der Waals surface area (Å²) in [5.74, 6) is -1.19. The molecule has 1 aromatic heterocycles. The van der Waals surface area contributed by atoms with Crippen LogP contribution in [0.1, 0.15) is 38.3 Å². The molecule has 0 unspecified atom stereocenters. The molecule has 0 spiro atoms. The minimum Gasteiger partial charge on any atom is -0.491 e. The zero-order valence-corrected chi connectivity index (χ0v) is 30.0. The maximum absolute atomic E-state index is 14.4. The van der Waals surface area contributed by atoms with Crippen molar-refractivity contribution in [3.05, 3.63) is 70.8 Å². The standard InChI is InChI=1S/C36H43NO13S/c1-24-20-26(35(38)39)21-25(2)34(24)50-36(40)33-29-22-27(48-17-15-46-13-11-44-3)6-8-31(29)37(10-5-19-51(41,42)43)32-9-7-28(23-30(32)33)49-18-16-47-14-12-45-4/h6-9,20-23H,5,10-19H2,1-4H3,(H-,38,39,41,42,43)/p+1. The van der Waals surface area contributed by atoms with Gasteiger partial charge in [0.05, 0.1) is 67.3 Å². The average Bonchev–Trinajstić information content (AvgIpc) is 3.08. The van der Waals surface area contributed by atoms with Crippen LogP contribution in [0.25, 0.3) is 21.8 Å². The molecule has 0 aliphatic heterocycles. The van der Waals surface area contributed by atoms with Gasteiger partial charge < -0.3 is 38.3 Å². The Balaban J connectivity index is 1.84. The largest absolute Gasteiger partial charge is 0.491 e. The normalized spacial score (nSPS) is 11.6. The maximum Gasteiger partial charge on any atom is 0.345 e. The number of carbonyl (C=O) groups is 2. The van der Waals surface area contributed by atoms with Crippen molar-refractivity contribution in [2.24, 2.45) is 0 Å². The van der Waals surface area contributed by atoms with Gasteiger partial charge in [-0.3, -0.25) is 4.55 Å². The molecular weight excluding hydrogens is 686 g/mol. The van der Waals surface area contributed by atoms with Gasteiger partial charge in [0, 0.05) is 32.8 Å². The summed E-state index contributed by atoms with van der Waals surface area (Å²) in [7, 11) is -1.07. The Kier molecular flexibility index (Phi) is 14.5. The van der Waals surface area contributed by atoms with Crippen LogP contribution in [0, 0.1) is 13.8 Å². The molecule has 0 saturated heterocycles. The third-order valence-corrected chi connectivity index (χ3v) is 8.61. The van der Waals surface area contributed by atoms with E-state index in [1.807, 2.05) is 4.57 Å². The van der Waals surface area contributed by atoms with Gasteiger partial charge in [-0.1, -0.05) is 0 Å². The summed E-state index contributed by atoms with van der Waals surface area (Å²) < 4.78 is 73.6. The molecule has 0 aliphatic carbocycles. The number of hydrogen-bond acceptors (Lipinski definition) is 11. The van der Waals surface area contributed by atoms with Gasteiger partial charge in [0.1, 0.15) is 30.5 Å². The maximum atomic E-state index is 14.4. The van der Waals surface area contributed by atoms with Gasteiger partial charge in [-0.15, -0.1) is 0 Å². The van der Waals surface area contributed by atoms with E-state index in [9.17, 15) is 27.7 Å². The van der Waals surface area contributed by atoms with Crippen LogP contribution in [0.5, 0.6) is 17.2 Å². The Morgan fingerprint density at radius 2 is 1.22 bits per heavy atom. The molecule has 0 bridgehead atoms. The number of methoxy groups -OCH3 is 2. The van der Waals surface area contributed by atoms with Gasteiger partial charge in [0.15, 0.2) is 6.54 Å². The number of aryl methyl sites for hydroxylation is 3. The van der Waals surface area contributed by atoms with Crippen LogP contribution in [-0.2, 0) is 35.6 Å². The fourth-order valence-electron chi connectivity index (χ4n) is 5.53. The summed E-state index contributed by atoms with van der Waals surface area (Å²) in [5, 5.41) is 10.4. The summed E-state index contributed by atoms with van der Waals surface area (Å²) in [6.07, 6.45) is 0.0833. The molecule has 2 N–H and O–H groups in total. The first kappa shape index (κ1) is 39.4. The highest BCUT2D eigenvalue weighted by Crippen LogP contribution is 2.33. The fraction of sp³-hybridized carbons (Fsp3) is 0.417. The fourth-order valence-corrected chi connectivity index (χ4v) is 6.02. The third kappa shape index (κ3) is 11.1. The number of esters is 1. The highest BCUT2D eigenvalue weighted by atomic mass is 32.2. The van der Waals surface area contributed by atoms with Gasteiger partial charge in [0.2, 0.25) is 11.0 Å². The van der Waals surface area contributed by atoms with Crippen molar-refractivity contribution in [1.82, 2.24) is 0 Å². The van der Waals surface area contributed by atoms with E-state index in [1.165, 1.54) is 12.1 Å². The highest BCUT2D eigenvalue weighted by Gasteiger charge is 2.28. The quantitative estimate of drug-likeness (QED) is 0.0312. The summed E-state index contributed by atoms with van der Waals surface area (Å²) >= 11 is 0. The molecule has 51 heavy (non-hydrogen) atoms. The van der Waals surface area contributed by atoms with E-state index < -0.39 is 27.8 Å². The Labute approximate surface area is 296 Å². The second-order valence-corrected chi connectivity index (χ2v) is 13.1. The molecule has 0 radical (unpaired) electrons. The van der Waals surface area contributed by atoms with E-state index in [1.54, 1.807) is 64.5 Å². The molecule has 276 valence electrons. The monoisotopic (exact) mass is 730 g/mol. The van der Waals surface area contributed by atoms with Crippen molar-refractivity contribution in [1.29, 1.82) is 0 Å². The van der Waals surface area contributed by atoms with Gasteiger partial charge in [0.25, 0.3) is 10.1 Å². The Hall–Kier alpha value is -4.38. The van der Waals surface area contributed by atoms with Crippen molar-refractivity contribution in [3.8, 4) is 17.2 Å². The number of rotatable bonds is 21. The first-order valence-electron chi connectivity index (χ1n) is 16.3. The zero-order chi connectivity index (χ0) is 37.0. The van der Waals surface area contributed by atoms with E-state index >= 15 is 0 Å². The Morgan fingerprint density at radius 3 is 1.67 bits per heavy atom. The predicted octanol–water partition coefficient (Wildman–Crippen LogP) is 4.18. The molecule has 0 saturated carbocycles. The number of nitrogens with zero attached hydrogens (tertiary/aromatic N) is 1. The van der Waals surface area contributed by atoms with E-state index in [0.717, 1.165) is 0 Å². The summed E-state index contributed by atoms with van der Waals surface area (Å²) in [6, 6.07) is 13.3. The van der Waals surface area contributed by atoms with Gasteiger partial charge in [-0.05, 0) is 61.4 Å². The molecule has 3 aromatic carbocycles. The molecule has 4 aromatic rings. The minimum absolute atomic E-state index is 0.0623. The molecule has 0 atom stereocenters. The molecule has 0 amide bonds. The number of pyridine rings is 1. The third-order valence-electron chi connectivity index (χ3n) is 7.80. The summed E-state index contributed by atoms with van der Waals surface area (Å²) in [6.45, 7) is 6.21. The predicted molar refractivity (Wildman–Crippen MR) is 187 cm³/mol. The van der Waals surface area contributed by atoms with Crippen LogP contribution >= 0.6 is 0 Å². The molecule has 15 heteroatoms. The lowest BCUT2D eigenvalue weighted by Crippen LogP contribution is -2.37. The van der Waals surface area contributed by atoms with E-state index in [2.05, 4.69) is 0 Å². The first-order valence-corrected chi connectivity index (χ1v) is 17.9. The Morgan fingerprint density at radius 1 is 0.725 bits per heavy atom. The number of fused-ring (bicyclic) bond motifs is 2. The van der Waals surface area contributed by atoms with Crippen molar-refractivity contribution >= 4 is 43.9 Å². The molecule has 1 heterocycles. The number of ether oxygens (including phenoxy) is 7. The van der Waals surface area contributed by atoms with Gasteiger partial charge in [-0.25, -0.2) is 9.59 Å². The summed E-state index contributed by atoms with van der Waals surface area (Å²) in [4.78, 5) is 26.0. The van der Waals surface area contributed by atoms with Crippen molar-refractivity contribution in [2.45, 2.75) is 26.8 Å². The number of hydrogen-bond donors (Lipinski definition) is 2. The van der Waals surface area contributed by atoms with E-state index in [4.69, 9.17) is 33.2 Å². The smallest absolute Gasteiger partial charge is 0.345 e. The summed E-state index contributed by atoms with van der Waals surface area (Å²) in [5.41, 5.74) is 2.30. The number of benzene rings is 3. The second kappa shape index (κ2) is 18.7. The lowest BCUT2D eigenvalue weighted by Gasteiger charge is -2.16. The van der Waals surface area contributed by atoms with Crippen LogP contribution in [-0.4, -0.2) is 103 Å². The van der Waals surface area contributed by atoms with Crippen LogP contribution < -0.4 is 18.8 Å². The SMILES string of the molecule is COCCOCCOc1ccc2c(c1)c(C(=O)Oc1c(C)cc(C(=O)O)cc1C)c1cc(OCCOCCOC)ccc1[n+]2CCCS(=O)(=O)O. The molecule has 0 fully saturated rings. The number of aromatic carboxylic acids is 1. The average molecular weight is 731 g/mol. The number of carbonyl (C=O) groups excluding carboxylic acids is 1. The number of carboxylic acids is 1. The topological polar surface area (TPSA) is 177 Å². The van der Waals surface area contributed by atoms with E-state index in [-0.39, 0.29) is 43.1 Å². The van der Waals surface area contributed by atoms with Crippen LogP contribution in [0.2, 0.25) is 0 Å². The van der Waals surface area contributed by atoms with Crippen molar-refractivity contribution in [2.75, 3.05) is 72.8 Å². The molecule has 14 nitrogen and oxygen atoms in total. The molecular formula is C36H44NO13S+. The number of aromatic nitrogens is 1. The van der Waals surface area contributed by atoms with E-state index in [0.29, 0.717) is 84.1 Å².